The van der Waals surface area contributed by atoms with Gasteiger partial charge in [0.15, 0.2) is 6.10 Å². The fourth-order valence-corrected chi connectivity index (χ4v) is 2.33. The van der Waals surface area contributed by atoms with Crippen LogP contribution >= 0.6 is 0 Å². The maximum absolute atomic E-state index is 12.3. The summed E-state index contributed by atoms with van der Waals surface area (Å²) in [7, 11) is 0. The second-order valence-corrected chi connectivity index (χ2v) is 7.20. The Morgan fingerprint density at radius 3 is 2.00 bits per heavy atom. The van der Waals surface area contributed by atoms with Crippen molar-refractivity contribution < 1.29 is 14.3 Å². The van der Waals surface area contributed by atoms with Crippen molar-refractivity contribution >= 4 is 11.6 Å². The molecule has 0 aliphatic rings. The van der Waals surface area contributed by atoms with Crippen LogP contribution in [0, 0.1) is 5.92 Å². The molecule has 1 N–H and O–H groups in total. The molecule has 0 saturated carbocycles. The van der Waals surface area contributed by atoms with Crippen LogP contribution in [-0.4, -0.2) is 18.6 Å². The molecule has 4 heteroatoms. The summed E-state index contributed by atoms with van der Waals surface area (Å²) in [6.07, 6.45) is -0.586. The van der Waals surface area contributed by atoms with Gasteiger partial charge in [0.2, 0.25) is 0 Å². The summed E-state index contributed by atoms with van der Waals surface area (Å²) < 4.78 is 11.4. The molecule has 0 heterocycles. The van der Waals surface area contributed by atoms with Gasteiger partial charge >= 0.3 is 0 Å². The molecule has 2 aromatic rings. The fourth-order valence-electron chi connectivity index (χ4n) is 2.33. The van der Waals surface area contributed by atoms with E-state index in [1.54, 1.807) is 6.92 Å². The maximum atomic E-state index is 12.3. The van der Waals surface area contributed by atoms with E-state index >= 15 is 0 Å². The quantitative estimate of drug-likeness (QED) is 0.703. The van der Waals surface area contributed by atoms with Crippen LogP contribution in [0.2, 0.25) is 0 Å². The summed E-state index contributed by atoms with van der Waals surface area (Å²) in [5.41, 5.74) is 1.96. The van der Waals surface area contributed by atoms with Crippen molar-refractivity contribution in [2.75, 3.05) is 11.9 Å². The van der Waals surface area contributed by atoms with Crippen molar-refractivity contribution in [1.82, 2.24) is 0 Å². The van der Waals surface area contributed by atoms with Crippen molar-refractivity contribution in [3.05, 3.63) is 54.1 Å². The minimum atomic E-state index is -0.586. The number of rotatable bonds is 8. The molecule has 2 aromatic carbocycles. The van der Waals surface area contributed by atoms with Crippen LogP contribution in [0.5, 0.6) is 11.5 Å². The molecule has 0 aliphatic heterocycles. The highest BCUT2D eigenvalue weighted by Gasteiger charge is 2.15. The monoisotopic (exact) mass is 355 g/mol. The predicted molar refractivity (Wildman–Crippen MR) is 106 cm³/mol. The summed E-state index contributed by atoms with van der Waals surface area (Å²) in [4.78, 5) is 12.3. The van der Waals surface area contributed by atoms with Gasteiger partial charge in [-0.1, -0.05) is 39.8 Å². The number of hydrogen-bond acceptors (Lipinski definition) is 3. The van der Waals surface area contributed by atoms with Crippen LogP contribution in [0.15, 0.2) is 48.5 Å². The molecule has 26 heavy (non-hydrogen) atoms. The molecule has 1 amide bonds. The molecule has 0 unspecified atom stereocenters. The lowest BCUT2D eigenvalue weighted by molar-refractivity contribution is -0.122. The number of anilines is 1. The van der Waals surface area contributed by atoms with Crippen molar-refractivity contribution in [1.29, 1.82) is 0 Å². The third-order valence-electron chi connectivity index (χ3n) is 3.93. The lowest BCUT2D eigenvalue weighted by Crippen LogP contribution is -2.30. The van der Waals surface area contributed by atoms with Crippen LogP contribution in [0.25, 0.3) is 0 Å². The van der Waals surface area contributed by atoms with Gasteiger partial charge in [0.05, 0.1) is 6.61 Å². The molecule has 0 radical (unpaired) electrons. The first-order chi connectivity index (χ1) is 12.3. The molecule has 1 atom stereocenters. The molecule has 0 aromatic heterocycles. The molecular formula is C22H29NO3. The molecule has 0 fully saturated rings. The lowest BCUT2D eigenvalue weighted by atomic mass is 10.0. The second kappa shape index (κ2) is 9.27. The van der Waals surface area contributed by atoms with Crippen LogP contribution in [0.1, 0.15) is 46.1 Å². The number of nitrogens with one attached hydrogen (secondary N) is 1. The van der Waals surface area contributed by atoms with E-state index in [4.69, 9.17) is 9.47 Å². The van der Waals surface area contributed by atoms with Gasteiger partial charge in [0.25, 0.3) is 5.91 Å². The molecular weight excluding hydrogens is 326 g/mol. The summed E-state index contributed by atoms with van der Waals surface area (Å²) in [5, 5.41) is 2.86. The van der Waals surface area contributed by atoms with Gasteiger partial charge in [0, 0.05) is 5.69 Å². The lowest BCUT2D eigenvalue weighted by Gasteiger charge is -2.16. The van der Waals surface area contributed by atoms with Crippen molar-refractivity contribution in [3.8, 4) is 11.5 Å². The highest BCUT2D eigenvalue weighted by molar-refractivity contribution is 5.94. The van der Waals surface area contributed by atoms with Gasteiger partial charge in [-0.05, 0) is 60.7 Å². The third kappa shape index (κ3) is 6.10. The molecule has 140 valence electrons. The van der Waals surface area contributed by atoms with Gasteiger partial charge < -0.3 is 14.8 Å². The molecule has 4 nitrogen and oxygen atoms in total. The van der Waals surface area contributed by atoms with E-state index in [9.17, 15) is 4.79 Å². The average Bonchev–Trinajstić information content (AvgIpc) is 2.61. The Hall–Kier alpha value is -2.49. The number of benzene rings is 2. The first-order valence-corrected chi connectivity index (χ1v) is 9.15. The van der Waals surface area contributed by atoms with Crippen molar-refractivity contribution in [2.45, 2.75) is 46.6 Å². The standard InChI is InChI=1S/C22H29NO3/c1-15(2)14-25-20-12-8-19(9-13-20)23-22(24)17(5)26-21-10-6-18(7-11-21)16(3)4/h6-13,15-17H,14H2,1-5H3,(H,23,24)/t17-/m0/s1. The Kier molecular flexibility index (Phi) is 7.07. The highest BCUT2D eigenvalue weighted by Crippen LogP contribution is 2.20. The zero-order valence-corrected chi connectivity index (χ0v) is 16.3. The Morgan fingerprint density at radius 1 is 0.885 bits per heavy atom. The van der Waals surface area contributed by atoms with E-state index in [0.29, 0.717) is 24.2 Å². The first-order valence-electron chi connectivity index (χ1n) is 9.15. The zero-order chi connectivity index (χ0) is 19.1. The Labute approximate surface area is 156 Å². The second-order valence-electron chi connectivity index (χ2n) is 7.20. The highest BCUT2D eigenvalue weighted by atomic mass is 16.5. The number of carbonyl (C=O) groups is 1. The van der Waals surface area contributed by atoms with Gasteiger partial charge in [-0.15, -0.1) is 0 Å². The van der Waals surface area contributed by atoms with E-state index in [2.05, 4.69) is 33.0 Å². The van der Waals surface area contributed by atoms with Gasteiger partial charge in [-0.25, -0.2) is 0 Å². The summed E-state index contributed by atoms with van der Waals surface area (Å²) >= 11 is 0. The molecule has 0 bridgehead atoms. The Morgan fingerprint density at radius 2 is 1.46 bits per heavy atom. The normalized spacial score (nSPS) is 12.1. The average molecular weight is 355 g/mol. The number of amides is 1. The summed E-state index contributed by atoms with van der Waals surface area (Å²) in [6.45, 7) is 10.9. The van der Waals surface area contributed by atoms with Crippen molar-refractivity contribution in [3.63, 3.8) is 0 Å². The van der Waals surface area contributed by atoms with Crippen LogP contribution in [0.4, 0.5) is 5.69 Å². The zero-order valence-electron chi connectivity index (χ0n) is 16.3. The van der Waals surface area contributed by atoms with E-state index in [0.717, 1.165) is 11.4 Å². The van der Waals surface area contributed by atoms with Gasteiger partial charge in [-0.2, -0.15) is 0 Å². The van der Waals surface area contributed by atoms with Gasteiger partial charge in [0.1, 0.15) is 11.5 Å². The number of hydrogen-bond donors (Lipinski definition) is 1. The van der Waals surface area contributed by atoms with Crippen LogP contribution in [-0.2, 0) is 4.79 Å². The van der Waals surface area contributed by atoms with Crippen LogP contribution in [0.3, 0.4) is 0 Å². The SMILES string of the molecule is CC(C)COc1ccc(NC(=O)[C@H](C)Oc2ccc(C(C)C)cc2)cc1. The van der Waals surface area contributed by atoms with E-state index in [-0.39, 0.29) is 5.91 Å². The van der Waals surface area contributed by atoms with Crippen LogP contribution < -0.4 is 14.8 Å². The molecule has 2 rings (SSSR count). The Bertz CT molecular complexity index is 690. The molecule has 0 spiro atoms. The topological polar surface area (TPSA) is 47.6 Å². The largest absolute Gasteiger partial charge is 0.493 e. The number of ether oxygens (including phenoxy) is 2. The van der Waals surface area contributed by atoms with E-state index in [1.807, 2.05) is 48.5 Å². The first kappa shape index (κ1) is 19.8. The van der Waals surface area contributed by atoms with Crippen molar-refractivity contribution in [2.24, 2.45) is 5.92 Å². The molecule has 0 aliphatic carbocycles. The number of carbonyl (C=O) groups excluding carboxylic acids is 1. The minimum Gasteiger partial charge on any atom is -0.493 e. The predicted octanol–water partition coefficient (Wildman–Crippen LogP) is 5.25. The summed E-state index contributed by atoms with van der Waals surface area (Å²) in [5.74, 6) is 2.24. The smallest absolute Gasteiger partial charge is 0.265 e. The van der Waals surface area contributed by atoms with E-state index in [1.165, 1.54) is 5.56 Å². The Balaban J connectivity index is 1.88. The maximum Gasteiger partial charge on any atom is 0.265 e. The summed E-state index contributed by atoms with van der Waals surface area (Å²) in [6, 6.07) is 15.2. The van der Waals surface area contributed by atoms with E-state index < -0.39 is 6.10 Å². The van der Waals surface area contributed by atoms with Gasteiger partial charge in [-0.3, -0.25) is 4.79 Å². The fraction of sp³-hybridized carbons (Fsp3) is 0.409. The molecule has 0 saturated heterocycles. The minimum absolute atomic E-state index is 0.186. The third-order valence-corrected chi connectivity index (χ3v) is 3.93.